The molecule has 2 aromatic carbocycles. The molecule has 0 unspecified atom stereocenters. The lowest BCUT2D eigenvalue weighted by atomic mass is 10.2. The Kier molecular flexibility index (Phi) is 7.24. The summed E-state index contributed by atoms with van der Waals surface area (Å²) in [4.78, 5) is 31.2. The highest BCUT2D eigenvalue weighted by Gasteiger charge is 2.35. The summed E-state index contributed by atoms with van der Waals surface area (Å²) in [6.07, 6.45) is 0.850. The summed E-state index contributed by atoms with van der Waals surface area (Å²) in [7, 11) is 0. The smallest absolute Gasteiger partial charge is 0.410 e. The van der Waals surface area contributed by atoms with Crippen molar-refractivity contribution >= 4 is 40.1 Å². The van der Waals surface area contributed by atoms with Gasteiger partial charge in [-0.25, -0.2) is 9.78 Å². The number of thiazole rings is 1. The van der Waals surface area contributed by atoms with Crippen LogP contribution in [0, 0.1) is 0 Å². The zero-order valence-electron chi connectivity index (χ0n) is 17.2. The highest BCUT2D eigenvalue weighted by molar-refractivity contribution is 7.13. The van der Waals surface area contributed by atoms with E-state index in [-0.39, 0.29) is 19.1 Å². The van der Waals surface area contributed by atoms with Gasteiger partial charge in [0, 0.05) is 16.9 Å². The molecule has 1 atom stereocenters. The number of nitrogens with one attached hydrogen (secondary N) is 1. The van der Waals surface area contributed by atoms with Gasteiger partial charge in [-0.05, 0) is 42.7 Å². The van der Waals surface area contributed by atoms with E-state index >= 15 is 0 Å². The molecule has 0 spiro atoms. The Bertz CT molecular complexity index is 1060. The highest BCUT2D eigenvalue weighted by atomic mass is 35.5. The predicted molar refractivity (Wildman–Crippen MR) is 123 cm³/mol. The summed E-state index contributed by atoms with van der Waals surface area (Å²) in [6, 6.07) is 15.9. The van der Waals surface area contributed by atoms with Crippen molar-refractivity contribution in [1.82, 2.24) is 9.88 Å². The number of hydrogen-bond donors (Lipinski definition) is 1. The van der Waals surface area contributed by atoms with Crippen molar-refractivity contribution in [3.8, 4) is 5.75 Å². The van der Waals surface area contributed by atoms with Crippen LogP contribution < -0.4 is 10.1 Å². The van der Waals surface area contributed by atoms with Crippen LogP contribution in [0.1, 0.15) is 24.1 Å². The van der Waals surface area contributed by atoms with E-state index < -0.39 is 12.1 Å². The molecule has 4 rings (SSSR count). The number of amides is 2. The van der Waals surface area contributed by atoms with Gasteiger partial charge in [0.2, 0.25) is 5.91 Å². The fourth-order valence-electron chi connectivity index (χ4n) is 3.37. The molecule has 2 heterocycles. The average molecular weight is 472 g/mol. The van der Waals surface area contributed by atoms with Gasteiger partial charge in [0.05, 0.1) is 5.69 Å². The third kappa shape index (κ3) is 5.77. The number of likely N-dealkylation sites (tertiary alicyclic amines) is 1. The number of anilines is 1. The average Bonchev–Trinajstić information content (AvgIpc) is 3.47. The van der Waals surface area contributed by atoms with Crippen molar-refractivity contribution in [3.05, 3.63) is 76.3 Å². The molecule has 1 aliphatic rings. The Labute approximate surface area is 194 Å². The molecule has 1 N–H and O–H groups in total. The second-order valence-electron chi connectivity index (χ2n) is 7.27. The van der Waals surface area contributed by atoms with Gasteiger partial charge < -0.3 is 14.8 Å². The van der Waals surface area contributed by atoms with Crippen LogP contribution >= 0.6 is 22.9 Å². The summed E-state index contributed by atoms with van der Waals surface area (Å²) < 4.78 is 11.1. The lowest BCUT2D eigenvalue weighted by Gasteiger charge is -2.22. The van der Waals surface area contributed by atoms with Gasteiger partial charge in [0.25, 0.3) is 0 Å². The Balaban J connectivity index is 1.29. The first-order chi connectivity index (χ1) is 15.6. The molecule has 1 saturated heterocycles. The predicted octanol–water partition coefficient (Wildman–Crippen LogP) is 5.12. The molecule has 3 aromatic rings. The molecule has 166 valence electrons. The van der Waals surface area contributed by atoms with Gasteiger partial charge in [-0.1, -0.05) is 41.9 Å². The molecule has 1 aromatic heterocycles. The number of hydrogen-bond acceptors (Lipinski definition) is 6. The van der Waals surface area contributed by atoms with E-state index in [1.807, 2.05) is 35.7 Å². The molecule has 0 aliphatic carbocycles. The molecule has 0 bridgehead atoms. The normalized spacial score (nSPS) is 15.4. The van der Waals surface area contributed by atoms with Crippen molar-refractivity contribution in [2.75, 3.05) is 11.9 Å². The summed E-state index contributed by atoms with van der Waals surface area (Å²) in [5.74, 6) is 0.419. The summed E-state index contributed by atoms with van der Waals surface area (Å²) in [6.45, 7) is 0.938. The van der Waals surface area contributed by atoms with Gasteiger partial charge in [-0.15, -0.1) is 11.3 Å². The second kappa shape index (κ2) is 10.5. The highest BCUT2D eigenvalue weighted by Crippen LogP contribution is 2.23. The molecule has 2 amide bonds. The molecule has 32 heavy (non-hydrogen) atoms. The molecular formula is C23H22ClN3O4S. The molecule has 0 saturated carbocycles. The number of halogens is 1. The first kappa shape index (κ1) is 22.1. The molecule has 1 fully saturated rings. The third-order valence-electron chi connectivity index (χ3n) is 4.98. The number of carbonyl (C=O) groups is 2. The van der Waals surface area contributed by atoms with Crippen molar-refractivity contribution in [2.24, 2.45) is 0 Å². The van der Waals surface area contributed by atoms with Crippen LogP contribution in [0.3, 0.4) is 0 Å². The van der Waals surface area contributed by atoms with Gasteiger partial charge in [0.1, 0.15) is 25.0 Å². The van der Waals surface area contributed by atoms with Crippen LogP contribution in [0.5, 0.6) is 5.75 Å². The maximum absolute atomic E-state index is 12.8. The molecule has 7 nitrogen and oxygen atoms in total. The summed E-state index contributed by atoms with van der Waals surface area (Å²) in [5.41, 5.74) is 1.60. The van der Waals surface area contributed by atoms with Gasteiger partial charge >= 0.3 is 6.09 Å². The topological polar surface area (TPSA) is 80.8 Å². The zero-order chi connectivity index (χ0) is 22.3. The van der Waals surface area contributed by atoms with Gasteiger partial charge in [-0.3, -0.25) is 9.69 Å². The van der Waals surface area contributed by atoms with E-state index in [4.69, 9.17) is 21.1 Å². The monoisotopic (exact) mass is 471 g/mol. The van der Waals surface area contributed by atoms with Crippen molar-refractivity contribution in [1.29, 1.82) is 0 Å². The fourth-order valence-corrected chi connectivity index (χ4v) is 4.19. The largest absolute Gasteiger partial charge is 0.487 e. The second-order valence-corrected chi connectivity index (χ2v) is 8.56. The third-order valence-corrected chi connectivity index (χ3v) is 6.04. The standard InChI is InChI=1S/C23H22ClN3O4S/c24-17-8-10-19(11-9-17)30-14-18-15-32-22(25-18)26-21(28)20-7-4-12-27(20)23(29)31-13-16-5-2-1-3-6-16/h1-3,5-6,8-11,15,20H,4,7,12-14H2,(H,25,26,28)/t20-/m0/s1. The van der Waals surface area contributed by atoms with Crippen LogP contribution in [0.15, 0.2) is 60.0 Å². The molecule has 0 radical (unpaired) electrons. The first-order valence-corrected chi connectivity index (χ1v) is 11.5. The minimum absolute atomic E-state index is 0.175. The van der Waals surface area contributed by atoms with E-state index in [2.05, 4.69) is 10.3 Å². The Morgan fingerprint density at radius 3 is 2.69 bits per heavy atom. The minimum Gasteiger partial charge on any atom is -0.487 e. The van der Waals surface area contributed by atoms with E-state index in [9.17, 15) is 9.59 Å². The minimum atomic E-state index is -0.573. The summed E-state index contributed by atoms with van der Waals surface area (Å²) >= 11 is 7.18. The fraction of sp³-hybridized carbons (Fsp3) is 0.261. The number of ether oxygens (including phenoxy) is 2. The summed E-state index contributed by atoms with van der Waals surface area (Å²) in [5, 5.41) is 5.75. The Morgan fingerprint density at radius 1 is 1.12 bits per heavy atom. The quantitative estimate of drug-likeness (QED) is 0.517. The molecule has 9 heteroatoms. The Morgan fingerprint density at radius 2 is 1.91 bits per heavy atom. The number of nitrogens with zero attached hydrogens (tertiary/aromatic N) is 2. The van der Waals surface area contributed by atoms with Gasteiger partial charge in [-0.2, -0.15) is 0 Å². The van der Waals surface area contributed by atoms with Gasteiger partial charge in [0.15, 0.2) is 5.13 Å². The van der Waals surface area contributed by atoms with Crippen LogP contribution in [0.2, 0.25) is 5.02 Å². The van der Waals surface area contributed by atoms with Crippen molar-refractivity contribution in [3.63, 3.8) is 0 Å². The molecular weight excluding hydrogens is 450 g/mol. The number of benzene rings is 2. The number of aromatic nitrogens is 1. The number of rotatable bonds is 7. The maximum atomic E-state index is 12.8. The number of carbonyl (C=O) groups excluding carboxylic acids is 2. The van der Waals surface area contributed by atoms with Crippen molar-refractivity contribution < 1.29 is 19.1 Å². The maximum Gasteiger partial charge on any atom is 0.410 e. The SMILES string of the molecule is O=C(Nc1nc(COc2ccc(Cl)cc2)cs1)[C@@H]1CCCN1C(=O)OCc1ccccc1. The van der Waals surface area contributed by atoms with Crippen LogP contribution in [-0.2, 0) is 22.7 Å². The van der Waals surface area contributed by atoms with E-state index in [1.54, 1.807) is 24.3 Å². The van der Waals surface area contributed by atoms with Crippen LogP contribution in [0.4, 0.5) is 9.93 Å². The van der Waals surface area contributed by atoms with Crippen LogP contribution in [0.25, 0.3) is 0 Å². The lowest BCUT2D eigenvalue weighted by Crippen LogP contribution is -2.43. The van der Waals surface area contributed by atoms with E-state index in [0.29, 0.717) is 34.6 Å². The van der Waals surface area contributed by atoms with Crippen LogP contribution in [-0.4, -0.2) is 34.5 Å². The van der Waals surface area contributed by atoms with E-state index in [0.717, 1.165) is 12.0 Å². The molecule has 1 aliphatic heterocycles. The zero-order valence-corrected chi connectivity index (χ0v) is 18.8. The lowest BCUT2D eigenvalue weighted by molar-refractivity contribution is -0.120. The first-order valence-electron chi connectivity index (χ1n) is 10.2. The van der Waals surface area contributed by atoms with Crippen molar-refractivity contribution in [2.45, 2.75) is 32.1 Å². The van der Waals surface area contributed by atoms with E-state index in [1.165, 1.54) is 16.2 Å². The Hall–Kier alpha value is -3.10.